The summed E-state index contributed by atoms with van der Waals surface area (Å²) in [6.45, 7) is 2.64. The van der Waals surface area contributed by atoms with Crippen LogP contribution in [-0.4, -0.2) is 11.7 Å². The topological polar surface area (TPSA) is 20.2 Å². The summed E-state index contributed by atoms with van der Waals surface area (Å²) in [6, 6.07) is 0. The highest BCUT2D eigenvalue weighted by molar-refractivity contribution is 4.81. The van der Waals surface area contributed by atoms with Gasteiger partial charge in [-0.25, -0.2) is 0 Å². The van der Waals surface area contributed by atoms with Gasteiger partial charge in [0.05, 0.1) is 0 Å². The second-order valence-corrected chi connectivity index (χ2v) is 6.37. The Morgan fingerprint density at radius 1 is 0.524 bits per heavy atom. The first kappa shape index (κ1) is 20.7. The fraction of sp³-hybridized carbons (Fsp3) is 0.900. The maximum Gasteiger partial charge on any atom is 0.0431 e. The van der Waals surface area contributed by atoms with Crippen LogP contribution in [0.15, 0.2) is 12.2 Å². The molecule has 21 heavy (non-hydrogen) atoms. The fourth-order valence-corrected chi connectivity index (χ4v) is 2.71. The van der Waals surface area contributed by atoms with Gasteiger partial charge in [0.25, 0.3) is 0 Å². The van der Waals surface area contributed by atoms with Gasteiger partial charge in [-0.05, 0) is 32.1 Å². The molecule has 0 unspecified atom stereocenters. The zero-order chi connectivity index (χ0) is 15.4. The van der Waals surface area contributed by atoms with E-state index in [0.29, 0.717) is 6.61 Å². The van der Waals surface area contributed by atoms with Crippen LogP contribution in [0.3, 0.4) is 0 Å². The van der Waals surface area contributed by atoms with Gasteiger partial charge in [-0.15, -0.1) is 0 Å². The Morgan fingerprint density at radius 3 is 1.33 bits per heavy atom. The Hall–Kier alpha value is -0.300. The summed E-state index contributed by atoms with van der Waals surface area (Å²) in [6.07, 6.45) is 26.2. The first-order valence-electron chi connectivity index (χ1n) is 9.67. The molecule has 0 aromatic rings. The monoisotopic (exact) mass is 296 g/mol. The Labute approximate surface area is 134 Å². The number of allylic oxidation sites excluding steroid dienone is 2. The van der Waals surface area contributed by atoms with Crippen molar-refractivity contribution in [1.29, 1.82) is 0 Å². The predicted octanol–water partition coefficient (Wildman–Crippen LogP) is 6.80. The SMILES string of the molecule is CCCCCCCCCC=CCCCCCCCCCO. The standard InChI is InChI=1S/C20H40O/c1-2-3-4-5-6-7-8-9-10-11-12-13-14-15-16-17-18-19-20-21/h10-11,21H,2-9,12-20H2,1H3. The lowest BCUT2D eigenvalue weighted by molar-refractivity contribution is 0.282. The van der Waals surface area contributed by atoms with Gasteiger partial charge >= 0.3 is 0 Å². The molecule has 0 rings (SSSR count). The van der Waals surface area contributed by atoms with Crippen LogP contribution in [0, 0.1) is 0 Å². The molecule has 126 valence electrons. The van der Waals surface area contributed by atoms with Crippen LogP contribution in [0.5, 0.6) is 0 Å². The van der Waals surface area contributed by atoms with Crippen molar-refractivity contribution in [1.82, 2.24) is 0 Å². The van der Waals surface area contributed by atoms with E-state index in [-0.39, 0.29) is 0 Å². The number of aliphatic hydroxyl groups excluding tert-OH is 1. The average Bonchev–Trinajstić information content (AvgIpc) is 2.50. The van der Waals surface area contributed by atoms with Crippen LogP contribution in [0.25, 0.3) is 0 Å². The van der Waals surface area contributed by atoms with Crippen molar-refractivity contribution in [3.63, 3.8) is 0 Å². The Bertz CT molecular complexity index is 198. The van der Waals surface area contributed by atoms with Gasteiger partial charge in [0, 0.05) is 6.61 Å². The van der Waals surface area contributed by atoms with Crippen molar-refractivity contribution >= 4 is 0 Å². The normalized spacial score (nSPS) is 11.5. The van der Waals surface area contributed by atoms with E-state index in [1.165, 1.54) is 96.3 Å². The highest BCUT2D eigenvalue weighted by atomic mass is 16.2. The van der Waals surface area contributed by atoms with Crippen LogP contribution in [-0.2, 0) is 0 Å². The smallest absolute Gasteiger partial charge is 0.0431 e. The Balaban J connectivity index is 3.02. The Kier molecular flexibility index (Phi) is 19.4. The minimum Gasteiger partial charge on any atom is -0.396 e. The number of hydrogen-bond acceptors (Lipinski definition) is 1. The molecular formula is C20H40O. The highest BCUT2D eigenvalue weighted by Crippen LogP contribution is 2.10. The van der Waals surface area contributed by atoms with Crippen LogP contribution in [0.4, 0.5) is 0 Å². The third-order valence-electron chi connectivity index (χ3n) is 4.17. The van der Waals surface area contributed by atoms with E-state index in [4.69, 9.17) is 5.11 Å². The van der Waals surface area contributed by atoms with E-state index in [9.17, 15) is 0 Å². The number of aliphatic hydroxyl groups is 1. The second-order valence-electron chi connectivity index (χ2n) is 6.37. The number of rotatable bonds is 17. The molecule has 1 nitrogen and oxygen atoms in total. The van der Waals surface area contributed by atoms with E-state index >= 15 is 0 Å². The van der Waals surface area contributed by atoms with Crippen LogP contribution < -0.4 is 0 Å². The largest absolute Gasteiger partial charge is 0.396 e. The fourth-order valence-electron chi connectivity index (χ4n) is 2.71. The van der Waals surface area contributed by atoms with Gasteiger partial charge < -0.3 is 5.11 Å². The summed E-state index contributed by atoms with van der Waals surface area (Å²) in [5.74, 6) is 0. The van der Waals surface area contributed by atoms with Gasteiger partial charge in [-0.2, -0.15) is 0 Å². The quantitative estimate of drug-likeness (QED) is 0.231. The van der Waals surface area contributed by atoms with Crippen molar-refractivity contribution in [3.05, 3.63) is 12.2 Å². The number of unbranched alkanes of at least 4 members (excludes halogenated alkanes) is 14. The van der Waals surface area contributed by atoms with Crippen LogP contribution >= 0.6 is 0 Å². The maximum atomic E-state index is 8.68. The molecule has 0 saturated carbocycles. The van der Waals surface area contributed by atoms with E-state index in [0.717, 1.165) is 6.42 Å². The summed E-state index contributed by atoms with van der Waals surface area (Å²) in [7, 11) is 0. The minimum absolute atomic E-state index is 0.365. The zero-order valence-corrected chi connectivity index (χ0v) is 14.6. The zero-order valence-electron chi connectivity index (χ0n) is 14.6. The van der Waals surface area contributed by atoms with E-state index in [1.807, 2.05) is 0 Å². The first-order valence-corrected chi connectivity index (χ1v) is 9.67. The highest BCUT2D eigenvalue weighted by Gasteiger charge is 1.91. The van der Waals surface area contributed by atoms with E-state index in [2.05, 4.69) is 19.1 Å². The molecule has 0 saturated heterocycles. The molecular weight excluding hydrogens is 256 g/mol. The molecule has 0 bridgehead atoms. The van der Waals surface area contributed by atoms with Gasteiger partial charge in [-0.3, -0.25) is 0 Å². The molecule has 0 aromatic carbocycles. The summed E-state index contributed by atoms with van der Waals surface area (Å²) in [5.41, 5.74) is 0. The van der Waals surface area contributed by atoms with Crippen molar-refractivity contribution < 1.29 is 5.11 Å². The molecule has 0 aliphatic heterocycles. The van der Waals surface area contributed by atoms with Crippen molar-refractivity contribution in [3.8, 4) is 0 Å². The minimum atomic E-state index is 0.365. The predicted molar refractivity (Wildman–Crippen MR) is 95.8 cm³/mol. The van der Waals surface area contributed by atoms with Crippen LogP contribution in [0.2, 0.25) is 0 Å². The van der Waals surface area contributed by atoms with E-state index < -0.39 is 0 Å². The lowest BCUT2D eigenvalue weighted by Crippen LogP contribution is -1.84. The molecule has 1 N–H and O–H groups in total. The number of hydrogen-bond donors (Lipinski definition) is 1. The summed E-state index contributed by atoms with van der Waals surface area (Å²) >= 11 is 0. The van der Waals surface area contributed by atoms with Crippen molar-refractivity contribution in [2.24, 2.45) is 0 Å². The molecule has 0 fully saturated rings. The van der Waals surface area contributed by atoms with Gasteiger partial charge in [0.1, 0.15) is 0 Å². The van der Waals surface area contributed by atoms with Gasteiger partial charge in [0.2, 0.25) is 0 Å². The molecule has 0 atom stereocenters. The molecule has 0 aromatic heterocycles. The molecule has 0 spiro atoms. The summed E-state index contributed by atoms with van der Waals surface area (Å²) < 4.78 is 0. The second kappa shape index (κ2) is 19.7. The average molecular weight is 297 g/mol. The lowest BCUT2D eigenvalue weighted by Gasteiger charge is -2.00. The van der Waals surface area contributed by atoms with Crippen molar-refractivity contribution in [2.45, 2.75) is 110 Å². The summed E-state index contributed by atoms with van der Waals surface area (Å²) in [4.78, 5) is 0. The maximum absolute atomic E-state index is 8.68. The van der Waals surface area contributed by atoms with Gasteiger partial charge in [0.15, 0.2) is 0 Å². The molecule has 0 aliphatic carbocycles. The first-order chi connectivity index (χ1) is 10.4. The Morgan fingerprint density at radius 2 is 0.905 bits per heavy atom. The third kappa shape index (κ3) is 19.7. The lowest BCUT2D eigenvalue weighted by atomic mass is 10.1. The van der Waals surface area contributed by atoms with Crippen LogP contribution in [0.1, 0.15) is 110 Å². The molecule has 0 amide bonds. The third-order valence-corrected chi connectivity index (χ3v) is 4.17. The van der Waals surface area contributed by atoms with Crippen molar-refractivity contribution in [2.75, 3.05) is 6.61 Å². The molecule has 0 aliphatic rings. The summed E-state index contributed by atoms with van der Waals surface area (Å²) in [5, 5.41) is 8.68. The van der Waals surface area contributed by atoms with E-state index in [1.54, 1.807) is 0 Å². The molecule has 0 radical (unpaired) electrons. The van der Waals surface area contributed by atoms with Gasteiger partial charge in [-0.1, -0.05) is 89.7 Å². The molecule has 1 heteroatoms. The molecule has 0 heterocycles.